The second-order valence-corrected chi connectivity index (χ2v) is 11.1. The van der Waals surface area contributed by atoms with E-state index < -0.39 is 25.5 Å². The molecule has 39 heavy (non-hydrogen) atoms. The zero-order valence-corrected chi connectivity index (χ0v) is 23.7. The summed E-state index contributed by atoms with van der Waals surface area (Å²) in [5.74, 6) is 0.218. The molecule has 4 atom stereocenters. The minimum atomic E-state index is -4.13. The third kappa shape index (κ3) is 10.2. The van der Waals surface area contributed by atoms with Crippen LogP contribution in [0.25, 0.3) is 0 Å². The zero-order chi connectivity index (χ0) is 28.3. The molecule has 0 spiro atoms. The van der Waals surface area contributed by atoms with Gasteiger partial charge < -0.3 is 23.6 Å². The van der Waals surface area contributed by atoms with Crippen molar-refractivity contribution in [2.45, 2.75) is 51.4 Å². The van der Waals surface area contributed by atoms with Gasteiger partial charge in [-0.05, 0) is 68.5 Å². The van der Waals surface area contributed by atoms with Crippen LogP contribution in [0.1, 0.15) is 33.6 Å². The Balaban J connectivity index is 1.89. The van der Waals surface area contributed by atoms with Gasteiger partial charge in [0.05, 0.1) is 18.3 Å². The van der Waals surface area contributed by atoms with Crippen molar-refractivity contribution in [1.82, 2.24) is 0 Å². The Morgan fingerprint density at radius 1 is 1.00 bits per heavy atom. The Morgan fingerprint density at radius 2 is 1.59 bits per heavy atom. The summed E-state index contributed by atoms with van der Waals surface area (Å²) < 4.78 is 42.3. The molecule has 210 valence electrons. The van der Waals surface area contributed by atoms with Crippen LogP contribution in [0.3, 0.4) is 0 Å². The molecule has 1 heterocycles. The van der Waals surface area contributed by atoms with Crippen LogP contribution in [0, 0.1) is 5.92 Å². The van der Waals surface area contributed by atoms with Crippen molar-refractivity contribution in [3.8, 4) is 11.5 Å². The molecule has 0 bridgehead atoms. The summed E-state index contributed by atoms with van der Waals surface area (Å²) in [7, 11) is -2.61. The Labute approximate surface area is 230 Å². The summed E-state index contributed by atoms with van der Waals surface area (Å²) in [5.41, 5.74) is -0.779. The van der Waals surface area contributed by atoms with Crippen LogP contribution in [0.4, 0.5) is 0 Å². The Hall–Kier alpha value is -3.16. The van der Waals surface area contributed by atoms with Crippen LogP contribution in [0.5, 0.6) is 11.5 Å². The number of rotatable bonds is 8. The molecule has 2 aromatic rings. The van der Waals surface area contributed by atoms with Crippen LogP contribution in [0.2, 0.25) is 0 Å². The van der Waals surface area contributed by atoms with Crippen molar-refractivity contribution in [3.63, 3.8) is 0 Å². The number of esters is 1. The maximum atomic E-state index is 13.8. The Kier molecular flexibility index (Phi) is 11.1. The molecule has 0 aromatic heterocycles. The molecule has 0 fully saturated rings. The number of aliphatic hydroxyl groups is 1. The maximum absolute atomic E-state index is 13.8. The van der Waals surface area contributed by atoms with E-state index in [2.05, 4.69) is 0 Å². The Bertz CT molecular complexity index is 1140. The first kappa shape index (κ1) is 30.4. The lowest BCUT2D eigenvalue weighted by molar-refractivity contribution is -0.144. The smallest absolute Gasteiger partial charge is 0.459 e. The van der Waals surface area contributed by atoms with E-state index in [-0.39, 0.29) is 18.6 Å². The van der Waals surface area contributed by atoms with Crippen LogP contribution in [0.15, 0.2) is 96.6 Å². The van der Waals surface area contributed by atoms with E-state index in [4.69, 9.17) is 23.0 Å². The molecule has 1 aliphatic heterocycles. The number of para-hydroxylation sites is 2. The predicted molar refractivity (Wildman–Crippen MR) is 149 cm³/mol. The van der Waals surface area contributed by atoms with Crippen LogP contribution >= 0.6 is 7.82 Å². The molecular weight excluding hydrogens is 519 g/mol. The third-order valence-corrected chi connectivity index (χ3v) is 7.54. The first-order valence-electron chi connectivity index (χ1n) is 12.9. The van der Waals surface area contributed by atoms with Crippen LogP contribution in [-0.4, -0.2) is 42.6 Å². The molecule has 2 aromatic carbocycles. The molecule has 3 rings (SSSR count). The van der Waals surface area contributed by atoms with E-state index in [1.54, 1.807) is 54.6 Å². The van der Waals surface area contributed by atoms with Gasteiger partial charge in [-0.2, -0.15) is 0 Å². The lowest BCUT2D eigenvalue weighted by Gasteiger charge is -2.23. The van der Waals surface area contributed by atoms with Crippen molar-refractivity contribution in [2.24, 2.45) is 5.92 Å². The van der Waals surface area contributed by atoms with Crippen molar-refractivity contribution < 1.29 is 37.5 Å². The van der Waals surface area contributed by atoms with Gasteiger partial charge in [-0.25, -0.2) is 9.36 Å². The number of benzene rings is 2. The number of phosphoric acid groups is 1. The number of hydrogen-bond acceptors (Lipinski definition) is 8. The summed E-state index contributed by atoms with van der Waals surface area (Å²) in [6.07, 6.45) is 8.08. The molecule has 9 heteroatoms. The second kappa shape index (κ2) is 14.3. The third-order valence-electron chi connectivity index (χ3n) is 6.23. The molecule has 0 saturated carbocycles. The molecule has 0 aliphatic carbocycles. The Morgan fingerprint density at radius 3 is 2.15 bits per heavy atom. The van der Waals surface area contributed by atoms with Crippen LogP contribution in [-0.2, 0) is 23.4 Å². The molecule has 1 N–H and O–H groups in total. The average molecular weight is 557 g/mol. The normalized spacial score (nSPS) is 26.9. The molecule has 1 aliphatic rings. The summed E-state index contributed by atoms with van der Waals surface area (Å²) in [6, 6.07) is 17.3. The highest BCUT2D eigenvalue weighted by atomic mass is 31.2. The van der Waals surface area contributed by atoms with Gasteiger partial charge in [-0.1, -0.05) is 61.5 Å². The van der Waals surface area contributed by atoms with Crippen molar-refractivity contribution in [2.75, 3.05) is 13.7 Å². The SMILES string of the molecule is CO[C@H]1/C=C/[C@@](C)(O)C=CC(=O)O[C@H](C)[C@@H](C)CC/C=C/1COP(=O)(Oc1ccccc1)Oc1ccccc1. The van der Waals surface area contributed by atoms with E-state index in [1.165, 1.54) is 32.3 Å². The van der Waals surface area contributed by atoms with Gasteiger partial charge in [0.2, 0.25) is 0 Å². The van der Waals surface area contributed by atoms with E-state index in [0.29, 0.717) is 23.5 Å². The largest absolute Gasteiger partial charge is 0.587 e. The number of phosphoric ester groups is 1. The molecule has 0 unspecified atom stereocenters. The van der Waals surface area contributed by atoms with Crippen molar-refractivity contribution >= 4 is 13.8 Å². The summed E-state index contributed by atoms with van der Waals surface area (Å²) in [5, 5.41) is 10.7. The molecule has 0 saturated heterocycles. The molecular formula is C30H37O8P. The fourth-order valence-corrected chi connectivity index (χ4v) is 4.95. The van der Waals surface area contributed by atoms with Gasteiger partial charge in [0.25, 0.3) is 0 Å². The van der Waals surface area contributed by atoms with Gasteiger partial charge in [-0.3, -0.25) is 4.52 Å². The minimum Gasteiger partial charge on any atom is -0.459 e. The molecule has 0 amide bonds. The standard InChI is InChI=1S/C30H37O8P/c1-23-12-11-13-25(28(34-4)18-20-30(3,32)21-19-29(31)36-24(23)2)22-35-39(33,37-26-14-7-5-8-15-26)38-27-16-9-6-10-17-27/h5-10,13-21,23-24,28,32H,11-12,22H2,1-4H3/b20-18+,21-19?,25-13+/t23-,24+,28-,30+/m0/s1. The zero-order valence-electron chi connectivity index (χ0n) is 22.8. The van der Waals surface area contributed by atoms with Gasteiger partial charge in [0.1, 0.15) is 17.6 Å². The number of hydrogen-bond donors (Lipinski definition) is 1. The van der Waals surface area contributed by atoms with E-state index in [0.717, 1.165) is 6.42 Å². The topological polar surface area (TPSA) is 101 Å². The summed E-state index contributed by atoms with van der Waals surface area (Å²) in [6.45, 7) is 5.24. The second-order valence-electron chi connectivity index (χ2n) is 9.58. The summed E-state index contributed by atoms with van der Waals surface area (Å²) in [4.78, 5) is 12.2. The minimum absolute atomic E-state index is 0.0645. The quantitative estimate of drug-likeness (QED) is 0.225. The van der Waals surface area contributed by atoms with E-state index in [9.17, 15) is 14.5 Å². The fourth-order valence-electron chi connectivity index (χ4n) is 3.74. The van der Waals surface area contributed by atoms with Gasteiger partial charge in [-0.15, -0.1) is 0 Å². The van der Waals surface area contributed by atoms with Gasteiger partial charge >= 0.3 is 13.8 Å². The van der Waals surface area contributed by atoms with Gasteiger partial charge in [0, 0.05) is 13.2 Å². The number of allylic oxidation sites excluding steroid dienone is 1. The van der Waals surface area contributed by atoms with Crippen LogP contribution < -0.4 is 9.05 Å². The monoisotopic (exact) mass is 556 g/mol. The first-order valence-corrected chi connectivity index (χ1v) is 14.3. The summed E-state index contributed by atoms with van der Waals surface area (Å²) >= 11 is 0. The highest BCUT2D eigenvalue weighted by molar-refractivity contribution is 7.49. The lowest BCUT2D eigenvalue weighted by atomic mass is 9.97. The number of ether oxygens (including phenoxy) is 2. The van der Waals surface area contributed by atoms with E-state index >= 15 is 0 Å². The predicted octanol–water partition coefficient (Wildman–Crippen LogP) is 6.44. The van der Waals surface area contributed by atoms with Crippen molar-refractivity contribution in [3.05, 3.63) is 96.6 Å². The lowest BCUT2D eigenvalue weighted by Crippen LogP contribution is -2.24. The highest BCUT2D eigenvalue weighted by Crippen LogP contribution is 2.50. The number of carbonyl (C=O) groups is 1. The highest BCUT2D eigenvalue weighted by Gasteiger charge is 2.32. The molecule has 0 radical (unpaired) electrons. The maximum Gasteiger partial charge on any atom is 0.587 e. The van der Waals surface area contributed by atoms with Gasteiger partial charge in [0.15, 0.2) is 0 Å². The first-order chi connectivity index (χ1) is 18.6. The molecule has 8 nitrogen and oxygen atoms in total. The number of cyclic esters (lactones) is 1. The number of carbonyl (C=O) groups excluding carboxylic acids is 1. The number of methoxy groups -OCH3 is 1. The fraction of sp³-hybridized carbons (Fsp3) is 0.367. The van der Waals surface area contributed by atoms with Crippen molar-refractivity contribution in [1.29, 1.82) is 0 Å². The average Bonchev–Trinajstić information content (AvgIpc) is 2.91. The van der Waals surface area contributed by atoms with E-state index in [1.807, 2.05) is 32.1 Å².